The van der Waals surface area contributed by atoms with Gasteiger partial charge in [0.1, 0.15) is 10.0 Å². The Kier molecular flexibility index (Phi) is 100. The number of rotatable bonds is 17. The Morgan fingerprint density at radius 2 is 1.09 bits per heavy atom. The van der Waals surface area contributed by atoms with Crippen LogP contribution in [0, 0.1) is 40.7 Å². The quantitative estimate of drug-likeness (QED) is 0.00840. The molecule has 2 heterocycles. The third kappa shape index (κ3) is 97.1. The van der Waals surface area contributed by atoms with Gasteiger partial charge in [-0.1, -0.05) is 114 Å². The van der Waals surface area contributed by atoms with Crippen LogP contribution in [0.15, 0.2) is 57.4 Å². The van der Waals surface area contributed by atoms with E-state index in [-0.39, 0.29) is 62.9 Å². The maximum absolute atomic E-state index is 10.5. The Morgan fingerprint density at radius 3 is 1.26 bits per heavy atom. The van der Waals surface area contributed by atoms with Crippen molar-refractivity contribution in [3.05, 3.63) is 74.5 Å². The van der Waals surface area contributed by atoms with Crippen molar-refractivity contribution < 1.29 is 76.8 Å². The number of esters is 2. The van der Waals surface area contributed by atoms with Crippen molar-refractivity contribution in [1.82, 2.24) is 20.6 Å². The molecule has 0 saturated heterocycles. The number of carbonyl (C=O) groups excluding carboxylic acids is 3. The third-order valence-electron chi connectivity index (χ3n) is 7.32. The number of carbonyl (C=O) groups is 4. The minimum atomic E-state index is -0.733. The van der Waals surface area contributed by atoms with Gasteiger partial charge in [0, 0.05) is 88.1 Å². The number of hydrogen-bond acceptors (Lipinski definition) is 16. The van der Waals surface area contributed by atoms with Crippen molar-refractivity contribution >= 4 is 58.4 Å². The number of nitrogens with one attached hydrogen (secondary N) is 2. The fourth-order valence-electron chi connectivity index (χ4n) is 3.97. The zero-order valence-corrected chi connectivity index (χ0v) is 53.7. The van der Waals surface area contributed by atoms with E-state index < -0.39 is 22.8 Å². The number of guanidine groups is 2. The van der Waals surface area contributed by atoms with Crippen LogP contribution in [0.3, 0.4) is 0 Å². The molecule has 0 aliphatic rings. The predicted octanol–water partition coefficient (Wildman–Crippen LogP) is 9.91. The number of nitrogens with zero attached hydrogens (tertiary/aromatic N) is 5. The monoisotopic (exact) mass is 1170 g/mol. The molecule has 0 aromatic carbocycles. The number of carboxylic acids is 1. The van der Waals surface area contributed by atoms with Crippen LogP contribution >= 0.6 is 22.7 Å². The summed E-state index contributed by atoms with van der Waals surface area (Å²) in [5.41, 5.74) is 22.8. The summed E-state index contributed by atoms with van der Waals surface area (Å²) in [6.45, 7) is 48.5. The molecule has 0 fully saturated rings. The van der Waals surface area contributed by atoms with Crippen LogP contribution in [-0.4, -0.2) is 94.8 Å². The van der Waals surface area contributed by atoms with Gasteiger partial charge in [0.2, 0.25) is 5.91 Å². The average Bonchev–Trinajstić information content (AvgIpc) is 4.08. The minimum Gasteiger partial charge on any atom is -0.481 e. The summed E-state index contributed by atoms with van der Waals surface area (Å²) in [4.78, 5) is 67.9. The number of aliphatic carboxylic acids is 1. The van der Waals surface area contributed by atoms with Gasteiger partial charge in [-0.3, -0.25) is 34.5 Å². The van der Waals surface area contributed by atoms with Gasteiger partial charge in [0.15, 0.2) is 19.0 Å². The molecule has 0 saturated carbocycles. The first-order valence-electron chi connectivity index (χ1n) is 24.3. The maximum Gasteiger partial charge on any atom is 0.310 e. The number of ether oxygens (including phenoxy) is 1. The first-order valence-corrected chi connectivity index (χ1v) is 26.1. The van der Waals surface area contributed by atoms with Crippen molar-refractivity contribution in [3.8, 4) is 0 Å². The Hall–Kier alpha value is -4.26. The second-order valence-electron chi connectivity index (χ2n) is 13.5. The predicted molar refractivity (Wildman–Crippen MR) is 309 cm³/mol. The van der Waals surface area contributed by atoms with Crippen LogP contribution < -0.4 is 33.6 Å². The molecular formula is C50H104N11O10S2Y-. The Morgan fingerprint density at radius 1 is 0.770 bits per heavy atom. The topological polar surface area (TPSA) is 349 Å². The number of nitrogens with two attached hydrogens (primary N) is 4. The SMILES string of the molecule is C=C(C(C)C)C(CC)CC(=O)O.C=C(C(C)C)C(CC)CCOO.CC.CC.CC.CC(=O)OC(C)=O.CCNC.CCNC(C)=O.C[N+](=O)[O-].NC(N)=NCc1nccs1.NC(N)=NCc1nccs1.[CH2-]C.[Y]. The van der Waals surface area contributed by atoms with Gasteiger partial charge in [-0.25, -0.2) is 24.8 Å². The second-order valence-corrected chi connectivity index (χ2v) is 15.5. The zero-order valence-electron chi connectivity index (χ0n) is 49.2. The largest absolute Gasteiger partial charge is 0.481 e. The van der Waals surface area contributed by atoms with Gasteiger partial charge >= 0.3 is 17.9 Å². The molecule has 2 unspecified atom stereocenters. The first kappa shape index (κ1) is 95.5. The molecule has 2 aromatic heterocycles. The summed E-state index contributed by atoms with van der Waals surface area (Å²) in [7, 11) is 2.82. The van der Waals surface area contributed by atoms with Crippen molar-refractivity contribution in [2.75, 3.05) is 33.8 Å². The molecule has 24 heteroatoms. The molecule has 0 aliphatic heterocycles. The van der Waals surface area contributed by atoms with E-state index in [4.69, 9.17) is 43.4 Å². The standard InChI is InChI=1S/C10H20O2.C10H18O2.2C5H8N4S.C4H9NO.C4H6O3.C3H9N.3C2H6.C2H5.CH3NO2.Y/c1-5-10(6-7-12-11)9(4)8(2)3;1-5-9(6-10(11)12)8(4)7(2)3;2*6-5(7)9-3-4-8-1-2-10-4;1-3-5-4(2)6;1-3(5)7-4(2)6;1-3-4-2;4*1-2;1-2(3)4;/h8,10-11H,4-7H2,1-3H3;7,9H,4-6H2,1-3H3,(H,11,12);2*1-2H,3H2,(H4,6,7,9);3H2,1-2H3,(H,5,6);1-2H3;4H,3H2,1-2H3;3*1-2H3;1H2,2H3;1H3;/q;;;;;;;;;;-1;;. The Balaban J connectivity index is -0.0000000680. The van der Waals surface area contributed by atoms with E-state index in [1.54, 1.807) is 19.3 Å². The van der Waals surface area contributed by atoms with Crippen molar-refractivity contribution in [2.24, 2.45) is 56.6 Å². The van der Waals surface area contributed by atoms with Crippen LogP contribution in [0.1, 0.15) is 160 Å². The molecule has 21 nitrogen and oxygen atoms in total. The van der Waals surface area contributed by atoms with E-state index in [0.717, 1.165) is 55.0 Å². The van der Waals surface area contributed by atoms with E-state index >= 15 is 0 Å². The number of amides is 1. The van der Waals surface area contributed by atoms with Gasteiger partial charge in [0.05, 0.1) is 26.1 Å². The molecule has 2 rings (SSSR count). The number of carboxylic acid groups (broad SMARTS) is 1. The average molecular weight is 1170 g/mol. The van der Waals surface area contributed by atoms with Crippen molar-refractivity contribution in [1.29, 1.82) is 0 Å². The van der Waals surface area contributed by atoms with E-state index in [1.807, 2.05) is 87.0 Å². The molecule has 435 valence electrons. The number of allylic oxidation sites excluding steroid dienone is 2. The van der Waals surface area contributed by atoms with Crippen LogP contribution in [0.25, 0.3) is 0 Å². The maximum atomic E-state index is 10.5. The number of thiazole rings is 2. The molecular weight excluding hydrogens is 1070 g/mol. The molecule has 74 heavy (non-hydrogen) atoms. The normalized spacial score (nSPS) is 9.19. The van der Waals surface area contributed by atoms with Gasteiger partial charge in [-0.2, -0.15) is 6.92 Å². The second kappa shape index (κ2) is 77.6. The van der Waals surface area contributed by atoms with Crippen molar-refractivity contribution in [2.45, 2.75) is 163 Å². The minimum absolute atomic E-state index is 0. The van der Waals surface area contributed by atoms with Crippen LogP contribution in [0.4, 0.5) is 0 Å². The summed E-state index contributed by atoms with van der Waals surface area (Å²) in [5.74, 6) is -0.0749. The van der Waals surface area contributed by atoms with Gasteiger partial charge in [-0.05, 0) is 63.5 Å². The number of nitro groups is 1. The Bertz CT molecular complexity index is 1510. The number of hydrogen-bond donors (Lipinski definition) is 8. The molecule has 0 aliphatic carbocycles. The first-order chi connectivity index (χ1) is 34.2. The summed E-state index contributed by atoms with van der Waals surface area (Å²) < 4.78 is 3.97. The van der Waals surface area contributed by atoms with E-state index in [9.17, 15) is 19.2 Å². The van der Waals surface area contributed by atoms with Gasteiger partial charge < -0.3 is 50.3 Å². The third-order valence-corrected chi connectivity index (χ3v) is 8.85. The Labute approximate surface area is 481 Å². The van der Waals surface area contributed by atoms with Gasteiger partial charge in [-0.15, -0.1) is 22.7 Å². The van der Waals surface area contributed by atoms with Crippen LogP contribution in [0.5, 0.6) is 0 Å². The van der Waals surface area contributed by atoms with Crippen LogP contribution in [0.2, 0.25) is 0 Å². The fourth-order valence-corrected chi connectivity index (χ4v) is 5.05. The summed E-state index contributed by atoms with van der Waals surface area (Å²) in [6, 6.07) is 0. The summed E-state index contributed by atoms with van der Waals surface area (Å²) in [6.07, 6.45) is 6.46. The van der Waals surface area contributed by atoms with Crippen LogP contribution in [-0.2, 0) is 74.6 Å². The smallest absolute Gasteiger partial charge is 0.310 e. The fraction of sp³-hybridized carbons (Fsp3) is 0.660. The van der Waals surface area contributed by atoms with Crippen molar-refractivity contribution in [3.63, 3.8) is 0 Å². The molecule has 0 spiro atoms. The molecule has 1 amide bonds. The zero-order chi connectivity index (χ0) is 59.9. The van der Waals surface area contributed by atoms with E-state index in [0.29, 0.717) is 37.5 Å². The molecule has 0 bridgehead atoms. The van der Waals surface area contributed by atoms with Gasteiger partial charge in [0.25, 0.3) is 0 Å². The summed E-state index contributed by atoms with van der Waals surface area (Å²) >= 11 is 3.07. The summed E-state index contributed by atoms with van der Waals surface area (Å²) in [5, 5.41) is 36.7. The van der Waals surface area contributed by atoms with E-state index in [1.165, 1.54) is 49.0 Å². The number of aliphatic imine (C=N–C) groups is 2. The van der Waals surface area contributed by atoms with E-state index in [2.05, 4.69) is 88.0 Å². The number of aromatic nitrogens is 2. The molecule has 12 N–H and O–H groups in total. The molecule has 2 aromatic rings. The molecule has 1 radical (unpaired) electrons. The molecule has 2 atom stereocenters.